The number of carboxylic acid groups (broad SMARTS) is 1. The number of halogens is 3. The Morgan fingerprint density at radius 2 is 2.19 bits per heavy atom. The molecule has 116 valence electrons. The number of aryl methyl sites for hydroxylation is 1. The molecule has 0 radical (unpaired) electrons. The smallest absolute Gasteiger partial charge is 0.339 e. The highest BCUT2D eigenvalue weighted by molar-refractivity contribution is 6.31. The molecule has 0 spiro atoms. The molecule has 21 heavy (non-hydrogen) atoms. The number of anilines is 1. The number of carboxylic acids is 1. The van der Waals surface area contributed by atoms with Crippen LogP contribution in [0, 0.1) is 0 Å². The normalized spacial score (nSPS) is 18.4. The van der Waals surface area contributed by atoms with Crippen LogP contribution < -0.4 is 4.90 Å². The highest BCUT2D eigenvalue weighted by Crippen LogP contribution is 2.32. The van der Waals surface area contributed by atoms with Crippen molar-refractivity contribution in [3.63, 3.8) is 0 Å². The third kappa shape index (κ3) is 3.61. The summed E-state index contributed by atoms with van der Waals surface area (Å²) in [6.45, 7) is 2.31. The van der Waals surface area contributed by atoms with Crippen molar-refractivity contribution >= 4 is 23.4 Å². The summed E-state index contributed by atoms with van der Waals surface area (Å²) in [5.41, 5.74) is 0.537. The Balaban J connectivity index is 2.39. The summed E-state index contributed by atoms with van der Waals surface area (Å²) >= 11 is 6.00. The van der Waals surface area contributed by atoms with Crippen LogP contribution in [0.4, 0.5) is 14.6 Å². The van der Waals surface area contributed by atoms with Gasteiger partial charge in [0.15, 0.2) is 0 Å². The van der Waals surface area contributed by atoms with Crippen LogP contribution in [0.5, 0.6) is 0 Å². The first-order valence-corrected chi connectivity index (χ1v) is 7.27. The molecule has 0 aromatic carbocycles. The van der Waals surface area contributed by atoms with Gasteiger partial charge in [-0.1, -0.05) is 18.5 Å². The van der Waals surface area contributed by atoms with E-state index in [2.05, 4.69) is 4.98 Å². The topological polar surface area (TPSA) is 53.4 Å². The number of aromatic carboxylic acids is 1. The van der Waals surface area contributed by atoms with Crippen LogP contribution in [0.25, 0.3) is 0 Å². The molecule has 0 aliphatic carbocycles. The van der Waals surface area contributed by atoms with E-state index in [-0.39, 0.29) is 30.8 Å². The first-order chi connectivity index (χ1) is 9.84. The molecule has 1 saturated heterocycles. The van der Waals surface area contributed by atoms with Gasteiger partial charge < -0.3 is 10.0 Å². The van der Waals surface area contributed by atoms with Gasteiger partial charge in [-0.3, -0.25) is 0 Å². The van der Waals surface area contributed by atoms with E-state index < -0.39 is 11.9 Å². The summed E-state index contributed by atoms with van der Waals surface area (Å²) in [6.07, 6.45) is 0.380. The average molecular weight is 319 g/mol. The van der Waals surface area contributed by atoms with Gasteiger partial charge in [0.25, 0.3) is 0 Å². The van der Waals surface area contributed by atoms with Crippen molar-refractivity contribution in [2.45, 2.75) is 38.5 Å². The van der Waals surface area contributed by atoms with Crippen molar-refractivity contribution < 1.29 is 18.7 Å². The van der Waals surface area contributed by atoms with Gasteiger partial charge in [-0.2, -0.15) is 0 Å². The Morgan fingerprint density at radius 1 is 1.48 bits per heavy atom. The van der Waals surface area contributed by atoms with Crippen LogP contribution in [0.15, 0.2) is 6.07 Å². The first kappa shape index (κ1) is 15.9. The van der Waals surface area contributed by atoms with E-state index in [4.69, 9.17) is 11.6 Å². The van der Waals surface area contributed by atoms with Crippen LogP contribution in [-0.2, 0) is 6.42 Å². The number of carbonyl (C=O) groups is 1. The van der Waals surface area contributed by atoms with E-state index in [9.17, 15) is 18.7 Å². The molecule has 0 bridgehead atoms. The Hall–Kier alpha value is -1.43. The van der Waals surface area contributed by atoms with Crippen molar-refractivity contribution in [2.75, 3.05) is 18.0 Å². The van der Waals surface area contributed by atoms with Crippen molar-refractivity contribution in [3.05, 3.63) is 22.3 Å². The number of hydrogen-bond donors (Lipinski definition) is 1. The molecule has 1 N–H and O–H groups in total. The zero-order chi connectivity index (χ0) is 15.6. The summed E-state index contributed by atoms with van der Waals surface area (Å²) < 4.78 is 26.9. The van der Waals surface area contributed by atoms with Crippen LogP contribution in [0.2, 0.25) is 5.02 Å². The lowest BCUT2D eigenvalue weighted by molar-refractivity contribution is -0.0102. The van der Waals surface area contributed by atoms with Gasteiger partial charge in [-0.15, -0.1) is 0 Å². The van der Waals surface area contributed by atoms with Gasteiger partial charge in [0.05, 0.1) is 10.7 Å². The molecule has 1 aliphatic rings. The fourth-order valence-corrected chi connectivity index (χ4v) is 2.72. The second-order valence-corrected chi connectivity index (χ2v) is 5.55. The molecular weight excluding hydrogens is 302 g/mol. The minimum atomic E-state index is -2.70. The summed E-state index contributed by atoms with van der Waals surface area (Å²) in [7, 11) is 0. The summed E-state index contributed by atoms with van der Waals surface area (Å²) in [6, 6.07) is 1.36. The summed E-state index contributed by atoms with van der Waals surface area (Å²) in [5, 5.41) is 9.57. The van der Waals surface area contributed by atoms with Gasteiger partial charge in [-0.25, -0.2) is 18.6 Å². The molecule has 1 fully saturated rings. The fraction of sp³-hybridized carbons (Fsp3) is 0.571. The van der Waals surface area contributed by atoms with E-state index in [0.717, 1.165) is 0 Å². The van der Waals surface area contributed by atoms with Crippen molar-refractivity contribution in [2.24, 2.45) is 0 Å². The number of rotatable bonds is 3. The minimum absolute atomic E-state index is 0.0394. The van der Waals surface area contributed by atoms with E-state index in [1.54, 1.807) is 4.90 Å². The molecule has 0 amide bonds. The Kier molecular flexibility index (Phi) is 4.66. The molecule has 0 atom stereocenters. The highest BCUT2D eigenvalue weighted by atomic mass is 35.5. The maximum absolute atomic E-state index is 13.4. The predicted molar refractivity (Wildman–Crippen MR) is 76.6 cm³/mol. The lowest BCUT2D eigenvalue weighted by Gasteiger charge is -2.24. The SMILES string of the molecule is CCc1nc(N2CCCC(F)(F)CC2)c(C(=O)O)cc1Cl. The van der Waals surface area contributed by atoms with Crippen molar-refractivity contribution in [3.8, 4) is 0 Å². The second kappa shape index (κ2) is 6.13. The van der Waals surface area contributed by atoms with Gasteiger partial charge in [0.1, 0.15) is 11.4 Å². The number of aromatic nitrogens is 1. The molecule has 1 aromatic rings. The van der Waals surface area contributed by atoms with Gasteiger partial charge in [0.2, 0.25) is 5.92 Å². The van der Waals surface area contributed by atoms with Crippen LogP contribution in [-0.4, -0.2) is 35.1 Å². The zero-order valence-electron chi connectivity index (χ0n) is 11.7. The predicted octanol–water partition coefficient (Wildman–Crippen LogP) is 3.62. The summed E-state index contributed by atoms with van der Waals surface area (Å²) in [5.74, 6) is -3.61. The largest absolute Gasteiger partial charge is 0.478 e. The quantitative estimate of drug-likeness (QED) is 0.924. The molecular formula is C14H17ClF2N2O2. The highest BCUT2D eigenvalue weighted by Gasteiger charge is 2.33. The monoisotopic (exact) mass is 318 g/mol. The Labute approximate surface area is 126 Å². The number of nitrogens with zero attached hydrogens (tertiary/aromatic N) is 2. The van der Waals surface area contributed by atoms with Crippen LogP contribution in [0.1, 0.15) is 42.2 Å². The zero-order valence-corrected chi connectivity index (χ0v) is 12.5. The van der Waals surface area contributed by atoms with Crippen molar-refractivity contribution in [1.82, 2.24) is 4.98 Å². The maximum atomic E-state index is 13.4. The number of alkyl halides is 2. The van der Waals surface area contributed by atoms with Crippen LogP contribution >= 0.6 is 11.6 Å². The first-order valence-electron chi connectivity index (χ1n) is 6.89. The van der Waals surface area contributed by atoms with E-state index in [0.29, 0.717) is 30.1 Å². The standard InChI is InChI=1S/C14H17ClF2N2O2/c1-2-11-10(15)8-9(13(20)21)12(18-11)19-6-3-4-14(16,17)5-7-19/h8H,2-7H2,1H3,(H,20,21). The van der Waals surface area contributed by atoms with Gasteiger partial charge in [0, 0.05) is 25.9 Å². The Morgan fingerprint density at radius 3 is 2.81 bits per heavy atom. The lowest BCUT2D eigenvalue weighted by atomic mass is 10.1. The molecule has 2 heterocycles. The minimum Gasteiger partial charge on any atom is -0.478 e. The van der Waals surface area contributed by atoms with Crippen LogP contribution in [0.3, 0.4) is 0 Å². The third-order valence-electron chi connectivity index (χ3n) is 3.61. The maximum Gasteiger partial charge on any atom is 0.339 e. The molecule has 0 saturated carbocycles. The lowest BCUT2D eigenvalue weighted by Crippen LogP contribution is -2.28. The number of pyridine rings is 1. The van der Waals surface area contributed by atoms with Crippen molar-refractivity contribution in [1.29, 1.82) is 0 Å². The summed E-state index contributed by atoms with van der Waals surface area (Å²) in [4.78, 5) is 17.3. The second-order valence-electron chi connectivity index (χ2n) is 5.14. The van der Waals surface area contributed by atoms with E-state index >= 15 is 0 Å². The molecule has 2 rings (SSSR count). The molecule has 1 aliphatic heterocycles. The van der Waals surface area contributed by atoms with E-state index in [1.165, 1.54) is 6.07 Å². The Bertz CT molecular complexity index is 552. The molecule has 4 nitrogen and oxygen atoms in total. The number of hydrogen-bond acceptors (Lipinski definition) is 3. The average Bonchev–Trinajstić information content (AvgIpc) is 2.59. The fourth-order valence-electron chi connectivity index (χ4n) is 2.44. The molecule has 0 unspecified atom stereocenters. The molecule has 7 heteroatoms. The van der Waals surface area contributed by atoms with Gasteiger partial charge in [-0.05, 0) is 18.9 Å². The molecule has 1 aromatic heterocycles. The third-order valence-corrected chi connectivity index (χ3v) is 3.94. The van der Waals surface area contributed by atoms with E-state index in [1.807, 2.05) is 6.92 Å². The van der Waals surface area contributed by atoms with Gasteiger partial charge >= 0.3 is 5.97 Å².